The number of nitrogens with one attached hydrogen (secondary N) is 1. The molecule has 2 atom stereocenters. The normalized spacial score (nSPS) is 13.1. The smallest absolute Gasteiger partial charge is 0.305 e. The van der Waals surface area contributed by atoms with Crippen molar-refractivity contribution in [2.24, 2.45) is 0 Å². The summed E-state index contributed by atoms with van der Waals surface area (Å²) in [5, 5.41) is 11.7. The van der Waals surface area contributed by atoms with E-state index in [0.29, 0.717) is 5.56 Å². The Hall–Kier alpha value is -2.41. The van der Waals surface area contributed by atoms with Gasteiger partial charge in [0.15, 0.2) is 0 Å². The van der Waals surface area contributed by atoms with Crippen LogP contribution in [0.1, 0.15) is 36.4 Å². The molecule has 0 aliphatic rings. The Balaban J connectivity index is 2.24. The molecular weight excluding hydrogens is 360 g/mol. The van der Waals surface area contributed by atoms with Crippen LogP contribution in [-0.4, -0.2) is 23.2 Å². The van der Waals surface area contributed by atoms with Crippen molar-refractivity contribution in [3.05, 3.63) is 65.2 Å². The molecule has 2 N–H and O–H groups in total. The van der Waals surface area contributed by atoms with Crippen LogP contribution in [0.4, 0.5) is 8.78 Å². The highest BCUT2D eigenvalue weighted by Gasteiger charge is 2.26. The number of carbonyl (C=O) groups excluding carboxylic acids is 1. The molecule has 2 aromatic rings. The molecule has 0 radical (unpaired) electrons. The number of carboxylic acid groups (broad SMARTS) is 1. The molecule has 2 aromatic carbocycles. The summed E-state index contributed by atoms with van der Waals surface area (Å²) >= 11 is 1.54. The van der Waals surface area contributed by atoms with Gasteiger partial charge in [-0.05, 0) is 43.0 Å². The largest absolute Gasteiger partial charge is 0.481 e. The predicted molar refractivity (Wildman–Crippen MR) is 96.1 cm³/mol. The van der Waals surface area contributed by atoms with E-state index < -0.39 is 35.5 Å². The van der Waals surface area contributed by atoms with Crippen molar-refractivity contribution in [2.75, 3.05) is 6.26 Å². The van der Waals surface area contributed by atoms with E-state index in [1.807, 2.05) is 18.4 Å². The Morgan fingerprint density at radius 3 is 2.19 bits per heavy atom. The molecule has 7 heteroatoms. The van der Waals surface area contributed by atoms with E-state index in [0.717, 1.165) is 17.0 Å². The van der Waals surface area contributed by atoms with E-state index in [1.54, 1.807) is 12.1 Å². The standard InChI is InChI=1S/C19H19F2NO3S/c1-11(18-14(20)4-3-5-15(18)21)19(25)22-16(10-17(23)24)12-6-8-13(26-2)9-7-12/h3-9,11,16H,10H2,1-2H3,(H,22,25)(H,23,24). The first-order valence-electron chi connectivity index (χ1n) is 7.93. The van der Waals surface area contributed by atoms with E-state index in [9.17, 15) is 18.4 Å². The zero-order chi connectivity index (χ0) is 19.3. The van der Waals surface area contributed by atoms with Crippen LogP contribution in [-0.2, 0) is 9.59 Å². The summed E-state index contributed by atoms with van der Waals surface area (Å²) in [6.45, 7) is 1.38. The zero-order valence-electron chi connectivity index (χ0n) is 14.3. The fourth-order valence-electron chi connectivity index (χ4n) is 2.62. The highest BCUT2D eigenvalue weighted by molar-refractivity contribution is 7.98. The first kappa shape index (κ1) is 19.9. The topological polar surface area (TPSA) is 66.4 Å². The van der Waals surface area contributed by atoms with Crippen LogP contribution in [0.5, 0.6) is 0 Å². The molecule has 2 unspecified atom stereocenters. The molecule has 0 saturated carbocycles. The third-order valence-corrected chi connectivity index (χ3v) is 4.78. The first-order valence-corrected chi connectivity index (χ1v) is 9.16. The maximum absolute atomic E-state index is 13.9. The SMILES string of the molecule is CSc1ccc(C(CC(=O)O)NC(=O)C(C)c2c(F)cccc2F)cc1. The number of hydrogen-bond donors (Lipinski definition) is 2. The molecule has 0 aliphatic carbocycles. The Labute approximate surface area is 154 Å². The summed E-state index contributed by atoms with van der Waals surface area (Å²) in [6, 6.07) is 9.69. The Bertz CT molecular complexity index is 776. The monoisotopic (exact) mass is 379 g/mol. The summed E-state index contributed by atoms with van der Waals surface area (Å²) < 4.78 is 27.8. The van der Waals surface area contributed by atoms with Crippen molar-refractivity contribution >= 4 is 23.6 Å². The van der Waals surface area contributed by atoms with Gasteiger partial charge in [0.2, 0.25) is 5.91 Å². The van der Waals surface area contributed by atoms with Crippen molar-refractivity contribution in [3.63, 3.8) is 0 Å². The molecule has 2 rings (SSSR count). The van der Waals surface area contributed by atoms with Gasteiger partial charge in [-0.15, -0.1) is 11.8 Å². The number of hydrogen-bond acceptors (Lipinski definition) is 3. The van der Waals surface area contributed by atoms with Crippen molar-refractivity contribution < 1.29 is 23.5 Å². The number of carbonyl (C=O) groups is 2. The molecule has 1 amide bonds. The highest BCUT2D eigenvalue weighted by Crippen LogP contribution is 2.25. The van der Waals surface area contributed by atoms with Crippen LogP contribution in [0, 0.1) is 11.6 Å². The van der Waals surface area contributed by atoms with Crippen molar-refractivity contribution in [1.29, 1.82) is 0 Å². The lowest BCUT2D eigenvalue weighted by Crippen LogP contribution is -2.33. The zero-order valence-corrected chi connectivity index (χ0v) is 15.1. The van der Waals surface area contributed by atoms with E-state index in [1.165, 1.54) is 24.8 Å². The lowest BCUT2D eigenvalue weighted by Gasteiger charge is -2.21. The molecule has 0 aliphatic heterocycles. The second kappa shape index (κ2) is 8.80. The van der Waals surface area contributed by atoms with Gasteiger partial charge in [-0.3, -0.25) is 9.59 Å². The molecule has 0 saturated heterocycles. The van der Waals surface area contributed by atoms with Crippen LogP contribution in [0.15, 0.2) is 47.4 Å². The molecule has 26 heavy (non-hydrogen) atoms. The number of thioether (sulfide) groups is 1. The average Bonchev–Trinajstić information content (AvgIpc) is 2.60. The number of carboxylic acids is 1. The maximum atomic E-state index is 13.9. The van der Waals surface area contributed by atoms with Crippen molar-refractivity contribution in [1.82, 2.24) is 5.32 Å². The van der Waals surface area contributed by atoms with Gasteiger partial charge in [-0.25, -0.2) is 8.78 Å². The third kappa shape index (κ3) is 4.82. The maximum Gasteiger partial charge on any atom is 0.305 e. The lowest BCUT2D eigenvalue weighted by atomic mass is 9.97. The number of benzene rings is 2. The molecule has 0 spiro atoms. The van der Waals surface area contributed by atoms with Gasteiger partial charge in [-0.1, -0.05) is 18.2 Å². The summed E-state index contributed by atoms with van der Waals surface area (Å²) in [6.07, 6.45) is 1.58. The summed E-state index contributed by atoms with van der Waals surface area (Å²) in [5.74, 6) is -4.46. The second-order valence-electron chi connectivity index (χ2n) is 5.79. The van der Waals surface area contributed by atoms with Gasteiger partial charge in [0.1, 0.15) is 11.6 Å². The minimum absolute atomic E-state index is 0.336. The molecule has 0 bridgehead atoms. The number of aliphatic carboxylic acids is 1. The molecule has 0 fully saturated rings. The van der Waals surface area contributed by atoms with Crippen LogP contribution in [0.2, 0.25) is 0 Å². The van der Waals surface area contributed by atoms with Gasteiger partial charge < -0.3 is 10.4 Å². The van der Waals surface area contributed by atoms with E-state index in [2.05, 4.69) is 5.32 Å². The minimum atomic E-state index is -1.10. The van der Waals surface area contributed by atoms with Crippen LogP contribution in [0.3, 0.4) is 0 Å². The second-order valence-corrected chi connectivity index (χ2v) is 6.67. The molecule has 4 nitrogen and oxygen atoms in total. The first-order chi connectivity index (χ1) is 12.3. The minimum Gasteiger partial charge on any atom is -0.481 e. The average molecular weight is 379 g/mol. The van der Waals surface area contributed by atoms with Gasteiger partial charge in [0.25, 0.3) is 0 Å². The van der Waals surface area contributed by atoms with Gasteiger partial charge in [-0.2, -0.15) is 0 Å². The van der Waals surface area contributed by atoms with Crippen molar-refractivity contribution in [2.45, 2.75) is 30.2 Å². The summed E-state index contributed by atoms with van der Waals surface area (Å²) in [5.41, 5.74) is 0.275. The fraction of sp³-hybridized carbons (Fsp3) is 0.263. The molecule has 0 heterocycles. The van der Waals surface area contributed by atoms with Crippen LogP contribution < -0.4 is 5.32 Å². The lowest BCUT2D eigenvalue weighted by molar-refractivity contribution is -0.137. The van der Waals surface area contributed by atoms with Crippen molar-refractivity contribution in [3.8, 4) is 0 Å². The summed E-state index contributed by atoms with van der Waals surface area (Å²) in [7, 11) is 0. The van der Waals surface area contributed by atoms with Gasteiger partial charge >= 0.3 is 5.97 Å². The van der Waals surface area contributed by atoms with Gasteiger partial charge in [0, 0.05) is 10.5 Å². The Morgan fingerprint density at radius 1 is 1.12 bits per heavy atom. The molecular formula is C19H19F2NO3S. The number of halogens is 2. The Morgan fingerprint density at radius 2 is 1.69 bits per heavy atom. The number of amides is 1. The van der Waals surface area contributed by atoms with E-state index in [4.69, 9.17) is 5.11 Å². The highest BCUT2D eigenvalue weighted by atomic mass is 32.2. The van der Waals surface area contributed by atoms with Crippen LogP contribution >= 0.6 is 11.8 Å². The van der Waals surface area contributed by atoms with Crippen LogP contribution in [0.25, 0.3) is 0 Å². The molecule has 0 aromatic heterocycles. The van der Waals surface area contributed by atoms with E-state index >= 15 is 0 Å². The quantitative estimate of drug-likeness (QED) is 0.710. The number of rotatable bonds is 7. The predicted octanol–water partition coefficient (Wildman–Crippen LogP) is 4.12. The summed E-state index contributed by atoms with van der Waals surface area (Å²) in [4.78, 5) is 24.7. The fourth-order valence-corrected chi connectivity index (χ4v) is 3.02. The molecule has 138 valence electrons. The third-order valence-electron chi connectivity index (χ3n) is 4.04. The van der Waals surface area contributed by atoms with E-state index in [-0.39, 0.29) is 12.0 Å². The Kier molecular flexibility index (Phi) is 6.74. The van der Waals surface area contributed by atoms with Gasteiger partial charge in [0.05, 0.1) is 18.4 Å².